The van der Waals surface area contributed by atoms with Crippen LogP contribution in [0.3, 0.4) is 0 Å². The summed E-state index contributed by atoms with van der Waals surface area (Å²) in [6.45, 7) is 5.15. The Morgan fingerprint density at radius 2 is 1.64 bits per heavy atom. The Morgan fingerprint density at radius 1 is 1.00 bits per heavy atom. The van der Waals surface area contributed by atoms with Gasteiger partial charge >= 0.3 is 0 Å². The first kappa shape index (κ1) is 10.5. The highest BCUT2D eigenvalue weighted by molar-refractivity contribution is 4.83. The van der Waals surface area contributed by atoms with Gasteiger partial charge in [-0.25, -0.2) is 0 Å². The minimum absolute atomic E-state index is 0.929. The predicted molar refractivity (Wildman–Crippen MR) is 61.5 cm³/mol. The van der Waals surface area contributed by atoms with Crippen LogP contribution in [0.5, 0.6) is 0 Å². The molecule has 0 aromatic heterocycles. The Bertz CT molecular complexity index is 155. The molecule has 1 unspecified atom stereocenters. The summed E-state index contributed by atoms with van der Waals surface area (Å²) in [6, 6.07) is 0.929. The molecule has 1 aliphatic heterocycles. The van der Waals surface area contributed by atoms with E-state index in [0.29, 0.717) is 0 Å². The number of piperidine rings is 1. The molecule has 1 nitrogen and oxygen atoms in total. The first-order valence-electron chi connectivity index (χ1n) is 6.66. The maximum Gasteiger partial charge on any atom is 0.0121 e. The summed E-state index contributed by atoms with van der Waals surface area (Å²) in [5.74, 6) is 1.04. The number of hydrogen-bond donors (Lipinski definition) is 0. The summed E-state index contributed by atoms with van der Waals surface area (Å²) >= 11 is 0. The zero-order valence-corrected chi connectivity index (χ0v) is 9.67. The van der Waals surface area contributed by atoms with Crippen molar-refractivity contribution in [3.05, 3.63) is 0 Å². The van der Waals surface area contributed by atoms with Gasteiger partial charge in [-0.3, -0.25) is 0 Å². The largest absolute Gasteiger partial charge is 0.300 e. The third kappa shape index (κ3) is 2.31. The molecule has 1 saturated carbocycles. The molecule has 1 heterocycles. The molecule has 1 saturated heterocycles. The van der Waals surface area contributed by atoms with Crippen LogP contribution in [-0.2, 0) is 0 Å². The normalized spacial score (nSPS) is 28.1. The van der Waals surface area contributed by atoms with Gasteiger partial charge in [0.15, 0.2) is 0 Å². The van der Waals surface area contributed by atoms with Crippen molar-refractivity contribution in [1.82, 2.24) is 4.90 Å². The standard InChI is InChI=1S/C13H25N/c1-2-13(12-8-4-5-9-12)14-10-6-3-7-11-14/h12-13H,2-11H2,1H3. The minimum atomic E-state index is 0.929. The fourth-order valence-corrected chi connectivity index (χ4v) is 3.48. The van der Waals surface area contributed by atoms with Gasteiger partial charge in [0.05, 0.1) is 0 Å². The lowest BCUT2D eigenvalue weighted by Gasteiger charge is -2.37. The topological polar surface area (TPSA) is 3.24 Å². The first-order valence-corrected chi connectivity index (χ1v) is 6.66. The van der Waals surface area contributed by atoms with E-state index in [1.54, 1.807) is 0 Å². The zero-order valence-electron chi connectivity index (χ0n) is 9.67. The average molecular weight is 195 g/mol. The van der Waals surface area contributed by atoms with Gasteiger partial charge in [0.1, 0.15) is 0 Å². The van der Waals surface area contributed by atoms with E-state index in [2.05, 4.69) is 11.8 Å². The maximum atomic E-state index is 2.79. The Hall–Kier alpha value is -0.0400. The van der Waals surface area contributed by atoms with Gasteiger partial charge in [-0.15, -0.1) is 0 Å². The van der Waals surface area contributed by atoms with Crippen LogP contribution in [0.15, 0.2) is 0 Å². The molecule has 0 aromatic rings. The van der Waals surface area contributed by atoms with E-state index in [1.165, 1.54) is 64.5 Å². The summed E-state index contributed by atoms with van der Waals surface area (Å²) < 4.78 is 0. The quantitative estimate of drug-likeness (QED) is 0.667. The Kier molecular flexibility index (Phi) is 3.86. The van der Waals surface area contributed by atoms with Gasteiger partial charge in [0.2, 0.25) is 0 Å². The second-order valence-corrected chi connectivity index (χ2v) is 5.12. The summed E-state index contributed by atoms with van der Waals surface area (Å²) in [5.41, 5.74) is 0. The van der Waals surface area contributed by atoms with Gasteiger partial charge in [-0.1, -0.05) is 26.2 Å². The van der Waals surface area contributed by atoms with E-state index in [-0.39, 0.29) is 0 Å². The van der Waals surface area contributed by atoms with Gasteiger partial charge in [0.25, 0.3) is 0 Å². The Balaban J connectivity index is 1.89. The molecule has 1 atom stereocenters. The second-order valence-electron chi connectivity index (χ2n) is 5.12. The van der Waals surface area contributed by atoms with Gasteiger partial charge in [0, 0.05) is 6.04 Å². The molecule has 2 fully saturated rings. The van der Waals surface area contributed by atoms with E-state index in [9.17, 15) is 0 Å². The molecule has 14 heavy (non-hydrogen) atoms. The summed E-state index contributed by atoms with van der Waals surface area (Å²) in [5, 5.41) is 0. The molecule has 0 bridgehead atoms. The van der Waals surface area contributed by atoms with Gasteiger partial charge < -0.3 is 4.90 Å². The molecule has 2 rings (SSSR count). The van der Waals surface area contributed by atoms with Crippen LogP contribution in [0, 0.1) is 5.92 Å². The lowest BCUT2D eigenvalue weighted by atomic mass is 9.93. The van der Waals surface area contributed by atoms with E-state index in [4.69, 9.17) is 0 Å². The lowest BCUT2D eigenvalue weighted by Crippen LogP contribution is -2.42. The average Bonchev–Trinajstić information content (AvgIpc) is 2.74. The third-order valence-corrected chi connectivity index (χ3v) is 4.22. The Morgan fingerprint density at radius 3 is 2.21 bits per heavy atom. The van der Waals surface area contributed by atoms with Crippen molar-refractivity contribution < 1.29 is 0 Å². The van der Waals surface area contributed by atoms with Crippen LogP contribution in [-0.4, -0.2) is 24.0 Å². The van der Waals surface area contributed by atoms with E-state index in [0.717, 1.165) is 12.0 Å². The smallest absolute Gasteiger partial charge is 0.0121 e. The monoisotopic (exact) mass is 195 g/mol. The SMILES string of the molecule is CCC(C1CCCC1)N1CCCCC1. The second kappa shape index (κ2) is 5.16. The van der Waals surface area contributed by atoms with Crippen molar-refractivity contribution in [2.75, 3.05) is 13.1 Å². The molecular weight excluding hydrogens is 170 g/mol. The van der Waals surface area contributed by atoms with Gasteiger partial charge in [-0.2, -0.15) is 0 Å². The summed E-state index contributed by atoms with van der Waals surface area (Å²) in [4.78, 5) is 2.79. The number of hydrogen-bond acceptors (Lipinski definition) is 1. The van der Waals surface area contributed by atoms with Crippen LogP contribution in [0.4, 0.5) is 0 Å². The molecule has 0 spiro atoms. The fourth-order valence-electron chi connectivity index (χ4n) is 3.48. The molecule has 0 aromatic carbocycles. The minimum Gasteiger partial charge on any atom is -0.300 e. The van der Waals surface area contributed by atoms with Crippen LogP contribution in [0.2, 0.25) is 0 Å². The van der Waals surface area contributed by atoms with Crippen molar-refractivity contribution >= 4 is 0 Å². The van der Waals surface area contributed by atoms with E-state index >= 15 is 0 Å². The highest BCUT2D eigenvalue weighted by Crippen LogP contribution is 2.32. The maximum absolute atomic E-state index is 2.79. The molecule has 2 aliphatic rings. The first-order chi connectivity index (χ1) is 6.92. The zero-order chi connectivity index (χ0) is 9.80. The number of likely N-dealkylation sites (tertiary alicyclic amines) is 1. The van der Waals surface area contributed by atoms with Crippen LogP contribution >= 0.6 is 0 Å². The van der Waals surface area contributed by atoms with Crippen LogP contribution in [0.1, 0.15) is 58.3 Å². The summed E-state index contributed by atoms with van der Waals surface area (Å²) in [6.07, 6.45) is 11.8. The van der Waals surface area contributed by atoms with Crippen LogP contribution < -0.4 is 0 Å². The molecule has 1 heteroatoms. The van der Waals surface area contributed by atoms with E-state index in [1.807, 2.05) is 0 Å². The molecule has 0 radical (unpaired) electrons. The lowest BCUT2D eigenvalue weighted by molar-refractivity contribution is 0.114. The molecule has 1 aliphatic carbocycles. The van der Waals surface area contributed by atoms with Crippen molar-refractivity contribution in [3.63, 3.8) is 0 Å². The molecule has 0 amide bonds. The summed E-state index contributed by atoms with van der Waals surface area (Å²) in [7, 11) is 0. The number of rotatable bonds is 3. The predicted octanol–water partition coefficient (Wildman–Crippen LogP) is 3.44. The number of nitrogens with zero attached hydrogens (tertiary/aromatic N) is 1. The third-order valence-electron chi connectivity index (χ3n) is 4.22. The molecular formula is C13H25N. The molecule has 82 valence electrons. The Labute approximate surface area is 88.9 Å². The fraction of sp³-hybridized carbons (Fsp3) is 1.00. The van der Waals surface area contributed by atoms with E-state index < -0.39 is 0 Å². The van der Waals surface area contributed by atoms with Crippen molar-refractivity contribution in [2.45, 2.75) is 64.3 Å². The van der Waals surface area contributed by atoms with Crippen molar-refractivity contribution in [3.8, 4) is 0 Å². The molecule has 0 N–H and O–H groups in total. The highest BCUT2D eigenvalue weighted by Gasteiger charge is 2.28. The van der Waals surface area contributed by atoms with Crippen LogP contribution in [0.25, 0.3) is 0 Å². The van der Waals surface area contributed by atoms with Crippen molar-refractivity contribution in [2.24, 2.45) is 5.92 Å². The van der Waals surface area contributed by atoms with Gasteiger partial charge in [-0.05, 0) is 51.1 Å². The van der Waals surface area contributed by atoms with Crippen molar-refractivity contribution in [1.29, 1.82) is 0 Å². The highest BCUT2D eigenvalue weighted by atomic mass is 15.2.